The van der Waals surface area contributed by atoms with Crippen LogP contribution in [0, 0.1) is 0 Å². The zero-order valence-electron chi connectivity index (χ0n) is 12.8. The molecule has 0 aliphatic carbocycles. The van der Waals surface area contributed by atoms with Crippen LogP contribution >= 0.6 is 22.2 Å². The fraction of sp³-hybridized carbons (Fsp3) is 0.875. The minimum atomic E-state index is -2.08. The van der Waals surface area contributed by atoms with Gasteiger partial charge in [-0.15, -0.1) is 27.6 Å². The van der Waals surface area contributed by atoms with Gasteiger partial charge in [0.15, 0.2) is 6.71 Å². The third kappa shape index (κ3) is 2.90. The van der Waals surface area contributed by atoms with E-state index >= 15 is 0 Å². The van der Waals surface area contributed by atoms with Crippen molar-refractivity contribution in [1.82, 2.24) is 0 Å². The highest BCUT2D eigenvalue weighted by Crippen LogP contribution is 2.54. The fourth-order valence-electron chi connectivity index (χ4n) is 5.14. The van der Waals surface area contributed by atoms with Gasteiger partial charge in [-0.05, 0) is 18.9 Å². The third-order valence-corrected chi connectivity index (χ3v) is 10.9. The number of hydrogen-bond acceptors (Lipinski definition) is 0. The van der Waals surface area contributed by atoms with E-state index < -0.39 is 6.69 Å². The quantitative estimate of drug-likeness (QED) is 0.409. The lowest BCUT2D eigenvalue weighted by Gasteiger charge is -2.42. The lowest BCUT2D eigenvalue weighted by Crippen LogP contribution is -2.37. The smallest absolute Gasteiger partial charge is 0.140 e. The summed E-state index contributed by atoms with van der Waals surface area (Å²) in [6.45, 7) is 1.07. The highest BCUT2D eigenvalue weighted by atomic mass is 35.7. The molecule has 0 aromatic heterocycles. The van der Waals surface area contributed by atoms with Crippen molar-refractivity contribution in [2.75, 3.05) is 0 Å². The highest BCUT2D eigenvalue weighted by molar-refractivity contribution is 7.49. The Labute approximate surface area is 135 Å². The van der Waals surface area contributed by atoms with Gasteiger partial charge in [-0.2, -0.15) is 0 Å². The summed E-state index contributed by atoms with van der Waals surface area (Å²) < 4.78 is 0. The molecule has 2 bridgehead atoms. The molecule has 0 spiro atoms. The van der Waals surface area contributed by atoms with Gasteiger partial charge in [0.05, 0.1) is 0 Å². The molecule has 0 aromatic carbocycles. The molecule has 0 N–H and O–H groups in total. The van der Waals surface area contributed by atoms with Crippen LogP contribution in [0.4, 0.5) is 0 Å². The second kappa shape index (κ2) is 6.38. The van der Waals surface area contributed by atoms with E-state index in [4.69, 9.17) is 22.2 Å². The topological polar surface area (TPSA) is 0 Å². The van der Waals surface area contributed by atoms with E-state index in [1.54, 1.807) is 10.7 Å². The molecular weight excluding hydrogens is 302 g/mol. The molecule has 0 radical (unpaired) electrons. The third-order valence-electron chi connectivity index (χ3n) is 6.04. The normalized spacial score (nSPS) is 32.9. The summed E-state index contributed by atoms with van der Waals surface area (Å²) in [4.78, 5) is 0. The number of fused-ring (bicyclic) bond motifs is 2. The first kappa shape index (κ1) is 15.5. The van der Waals surface area contributed by atoms with Gasteiger partial charge in [0.2, 0.25) is 0 Å². The predicted octanol–water partition coefficient (Wildman–Crippen LogP) is 6.48. The molecular formula is C16H27BCl2Si. The van der Waals surface area contributed by atoms with Crippen LogP contribution in [0.3, 0.4) is 0 Å². The second-order valence-electron chi connectivity index (χ2n) is 7.22. The molecule has 112 valence electrons. The number of halogens is 2. The summed E-state index contributed by atoms with van der Waals surface area (Å²) >= 11 is 13.6. The van der Waals surface area contributed by atoms with Gasteiger partial charge in [0.1, 0.15) is 0 Å². The summed E-state index contributed by atoms with van der Waals surface area (Å²) in [6, 6.07) is 1.10. The van der Waals surface area contributed by atoms with Gasteiger partial charge in [-0.1, -0.05) is 75.1 Å². The Kier molecular flexibility index (Phi) is 4.94. The number of unbranched alkanes of at least 4 members (excludes halogenated alkanes) is 1. The van der Waals surface area contributed by atoms with E-state index in [9.17, 15) is 0 Å². The molecule has 0 aromatic rings. The van der Waals surface area contributed by atoms with Gasteiger partial charge in [0.25, 0.3) is 6.69 Å². The van der Waals surface area contributed by atoms with Crippen molar-refractivity contribution < 1.29 is 0 Å². The average Bonchev–Trinajstić information content (AvgIpc) is 2.70. The average molecular weight is 329 g/mol. The van der Waals surface area contributed by atoms with Gasteiger partial charge in [0, 0.05) is 0 Å². The molecule has 0 nitrogen and oxygen atoms in total. The first-order valence-corrected chi connectivity index (χ1v) is 13.0. The molecule has 3 heterocycles. The zero-order valence-corrected chi connectivity index (χ0v) is 15.3. The Morgan fingerprint density at radius 1 is 1.10 bits per heavy atom. The number of rotatable bonds is 4. The molecule has 20 heavy (non-hydrogen) atoms. The maximum atomic E-state index is 6.79. The first-order chi connectivity index (χ1) is 9.63. The van der Waals surface area contributed by atoms with Gasteiger partial charge < -0.3 is 0 Å². The molecule has 3 rings (SSSR count). The highest BCUT2D eigenvalue weighted by Gasteiger charge is 2.48. The lowest BCUT2D eigenvalue weighted by molar-refractivity contribution is 0.445. The summed E-state index contributed by atoms with van der Waals surface area (Å²) in [5.41, 5.74) is 1.77. The van der Waals surface area contributed by atoms with Crippen molar-refractivity contribution in [2.45, 2.75) is 88.8 Å². The molecule has 4 heteroatoms. The Hall–Kier alpha value is 0.602. The van der Waals surface area contributed by atoms with Crippen LogP contribution in [0.2, 0.25) is 17.7 Å². The van der Waals surface area contributed by atoms with Crippen molar-refractivity contribution in [1.29, 1.82) is 0 Å². The Morgan fingerprint density at radius 2 is 1.70 bits per heavy atom. The van der Waals surface area contributed by atoms with E-state index in [0.717, 1.165) is 24.4 Å². The first-order valence-electron chi connectivity index (χ1n) is 8.73. The van der Waals surface area contributed by atoms with Crippen molar-refractivity contribution in [2.24, 2.45) is 0 Å². The largest absolute Gasteiger partial charge is 0.276 e. The van der Waals surface area contributed by atoms with E-state index in [-0.39, 0.29) is 0 Å². The molecule has 3 aliphatic heterocycles. The van der Waals surface area contributed by atoms with Gasteiger partial charge in [-0.3, -0.25) is 0 Å². The van der Waals surface area contributed by atoms with Crippen LogP contribution in [0.15, 0.2) is 10.7 Å². The van der Waals surface area contributed by atoms with Crippen molar-refractivity contribution >= 4 is 35.6 Å². The van der Waals surface area contributed by atoms with Crippen molar-refractivity contribution in [3.8, 4) is 0 Å². The second-order valence-corrected chi connectivity index (χ2v) is 14.2. The van der Waals surface area contributed by atoms with Gasteiger partial charge >= 0.3 is 0 Å². The van der Waals surface area contributed by atoms with E-state index in [1.165, 1.54) is 64.2 Å². The minimum absolute atomic E-state index is 0.872. The zero-order chi connectivity index (χ0) is 14.2. The minimum Gasteiger partial charge on any atom is -0.140 e. The standard InChI is InChI=1S/C16H27BCl2Si/c1-2-3-10-16-15(11-12-20(16,18)19)17-13-6-4-7-14(17)9-5-8-13/h13-14H,2-12H2,1H3. The SMILES string of the molecule is CCCCC1=C(B2C3CCCC2CCC3)CC[Si]1(Cl)Cl. The van der Waals surface area contributed by atoms with Crippen LogP contribution in [0.25, 0.3) is 0 Å². The summed E-state index contributed by atoms with van der Waals surface area (Å²) in [5.74, 6) is 1.93. The predicted molar refractivity (Wildman–Crippen MR) is 94.4 cm³/mol. The van der Waals surface area contributed by atoms with Crippen LogP contribution in [-0.4, -0.2) is 13.4 Å². The molecule has 2 saturated heterocycles. The number of hydrogen-bond donors (Lipinski definition) is 0. The molecule has 3 aliphatic rings. The van der Waals surface area contributed by atoms with Crippen LogP contribution < -0.4 is 0 Å². The Bertz CT molecular complexity index is 372. The molecule has 0 amide bonds. The monoisotopic (exact) mass is 328 g/mol. The summed E-state index contributed by atoms with van der Waals surface area (Å²) in [7, 11) is 0. The van der Waals surface area contributed by atoms with Crippen molar-refractivity contribution in [3.63, 3.8) is 0 Å². The summed E-state index contributed by atoms with van der Waals surface area (Å²) in [5, 5.41) is 1.58. The van der Waals surface area contributed by atoms with E-state index in [1.807, 2.05) is 0 Å². The van der Waals surface area contributed by atoms with E-state index in [0.29, 0.717) is 0 Å². The Morgan fingerprint density at radius 3 is 2.25 bits per heavy atom. The van der Waals surface area contributed by atoms with Crippen LogP contribution in [0.1, 0.15) is 71.1 Å². The van der Waals surface area contributed by atoms with Crippen molar-refractivity contribution in [3.05, 3.63) is 10.7 Å². The Balaban J connectivity index is 1.89. The van der Waals surface area contributed by atoms with E-state index in [2.05, 4.69) is 6.92 Å². The molecule has 2 fully saturated rings. The van der Waals surface area contributed by atoms with Gasteiger partial charge in [-0.25, -0.2) is 0 Å². The lowest BCUT2D eigenvalue weighted by atomic mass is 9.24. The summed E-state index contributed by atoms with van der Waals surface area (Å²) in [6.07, 6.45) is 13.7. The maximum Gasteiger partial charge on any atom is 0.276 e. The molecule has 0 saturated carbocycles. The fourth-order valence-corrected chi connectivity index (χ4v) is 9.19. The molecule has 0 atom stereocenters. The maximum absolute atomic E-state index is 6.79. The van der Waals surface area contributed by atoms with Crippen LogP contribution in [0.5, 0.6) is 0 Å². The van der Waals surface area contributed by atoms with Crippen LogP contribution in [-0.2, 0) is 0 Å². The number of allylic oxidation sites excluding steroid dienone is 2. The molecule has 0 unspecified atom stereocenters.